The summed E-state index contributed by atoms with van der Waals surface area (Å²) in [5, 5.41) is 19.5. The number of aliphatic hydroxyl groups is 1. The Labute approximate surface area is 164 Å². The zero-order valence-corrected chi connectivity index (χ0v) is 15.8. The first kappa shape index (κ1) is 19.4. The molecule has 0 radical (unpaired) electrons. The van der Waals surface area contributed by atoms with Crippen molar-refractivity contribution in [1.82, 2.24) is 0 Å². The molecular weight excluding hydrogens is 360 g/mol. The Morgan fingerprint density at radius 3 is 2.70 bits per heavy atom. The highest BCUT2D eigenvalue weighted by molar-refractivity contribution is 6.32. The van der Waals surface area contributed by atoms with E-state index >= 15 is 0 Å². The van der Waals surface area contributed by atoms with Crippen LogP contribution in [0.25, 0.3) is 11.6 Å². The molecule has 1 aliphatic rings. The van der Waals surface area contributed by atoms with Gasteiger partial charge >= 0.3 is 0 Å². The Bertz CT molecular complexity index is 868. The van der Waals surface area contributed by atoms with Crippen LogP contribution in [0, 0.1) is 0 Å². The predicted octanol–water partition coefficient (Wildman–Crippen LogP) is 5.24. The number of halogens is 1. The van der Waals surface area contributed by atoms with Crippen molar-refractivity contribution in [1.29, 1.82) is 0 Å². The van der Waals surface area contributed by atoms with E-state index in [0.29, 0.717) is 17.2 Å². The third kappa shape index (κ3) is 4.89. The van der Waals surface area contributed by atoms with Crippen molar-refractivity contribution in [3.05, 3.63) is 88.5 Å². The number of ether oxygens (including phenoxy) is 1. The standard InChI is InChI=1S/C23H23ClO3/c1-16(15-25)21-11-12-27-23(21)10-8-18(17-5-3-2-4-6-17)13-19-7-9-20(26)14-22(19)24/h2-7,9,11,13-14,23,25-26H,1,8,10,12,15H2/b18-13-. The lowest BCUT2D eigenvalue weighted by Gasteiger charge is -2.17. The van der Waals surface area contributed by atoms with Crippen LogP contribution in [0.2, 0.25) is 5.02 Å². The molecular formula is C23H23ClO3. The summed E-state index contributed by atoms with van der Waals surface area (Å²) in [6.45, 7) is 4.41. The normalized spacial score (nSPS) is 17.0. The number of benzene rings is 2. The van der Waals surface area contributed by atoms with Crippen LogP contribution in [0.15, 0.2) is 72.3 Å². The highest BCUT2D eigenvalue weighted by Crippen LogP contribution is 2.32. The zero-order chi connectivity index (χ0) is 19.2. The fourth-order valence-corrected chi connectivity index (χ4v) is 3.47. The molecule has 0 saturated carbocycles. The lowest BCUT2D eigenvalue weighted by atomic mass is 9.93. The maximum atomic E-state index is 9.58. The van der Waals surface area contributed by atoms with Crippen LogP contribution >= 0.6 is 11.6 Å². The second-order valence-electron chi connectivity index (χ2n) is 6.52. The van der Waals surface area contributed by atoms with Gasteiger partial charge < -0.3 is 14.9 Å². The minimum absolute atomic E-state index is 0.0593. The maximum absolute atomic E-state index is 9.58. The molecule has 3 nitrogen and oxygen atoms in total. The summed E-state index contributed by atoms with van der Waals surface area (Å²) in [5.41, 5.74) is 4.81. The van der Waals surface area contributed by atoms with Crippen LogP contribution in [0.1, 0.15) is 24.0 Å². The molecule has 4 heteroatoms. The van der Waals surface area contributed by atoms with E-state index in [1.807, 2.05) is 30.3 Å². The SMILES string of the molecule is C=C(CO)C1=CCOC1CC/C(=C/c1ccc(O)cc1Cl)c1ccccc1. The monoisotopic (exact) mass is 382 g/mol. The highest BCUT2D eigenvalue weighted by atomic mass is 35.5. The minimum atomic E-state index is -0.0629. The minimum Gasteiger partial charge on any atom is -0.508 e. The maximum Gasteiger partial charge on any atom is 0.117 e. The van der Waals surface area contributed by atoms with Crippen LogP contribution in [0.5, 0.6) is 5.75 Å². The summed E-state index contributed by atoms with van der Waals surface area (Å²) in [7, 11) is 0. The second-order valence-corrected chi connectivity index (χ2v) is 6.93. The van der Waals surface area contributed by atoms with Gasteiger partial charge in [0.15, 0.2) is 0 Å². The van der Waals surface area contributed by atoms with Crippen LogP contribution in [-0.2, 0) is 4.74 Å². The van der Waals surface area contributed by atoms with E-state index in [0.717, 1.165) is 35.1 Å². The highest BCUT2D eigenvalue weighted by Gasteiger charge is 2.22. The Hall–Kier alpha value is -2.33. The molecule has 0 fully saturated rings. The molecule has 0 aliphatic carbocycles. The summed E-state index contributed by atoms with van der Waals surface area (Å²) < 4.78 is 5.81. The first-order valence-electron chi connectivity index (χ1n) is 8.93. The van der Waals surface area contributed by atoms with Crippen molar-refractivity contribution >= 4 is 23.3 Å². The van der Waals surface area contributed by atoms with E-state index in [1.165, 1.54) is 0 Å². The molecule has 1 heterocycles. The summed E-state index contributed by atoms with van der Waals surface area (Å²) in [5.74, 6) is 0.148. The molecule has 2 N–H and O–H groups in total. The molecule has 2 aromatic rings. The molecule has 0 saturated heterocycles. The van der Waals surface area contributed by atoms with E-state index in [-0.39, 0.29) is 18.5 Å². The molecule has 3 rings (SSSR count). The molecule has 0 amide bonds. The van der Waals surface area contributed by atoms with Gasteiger partial charge in [-0.1, -0.05) is 54.6 Å². The van der Waals surface area contributed by atoms with Gasteiger partial charge in [-0.15, -0.1) is 0 Å². The smallest absolute Gasteiger partial charge is 0.117 e. The van der Waals surface area contributed by atoms with Crippen molar-refractivity contribution in [3.63, 3.8) is 0 Å². The predicted molar refractivity (Wildman–Crippen MR) is 111 cm³/mol. The van der Waals surface area contributed by atoms with E-state index in [9.17, 15) is 10.2 Å². The Balaban J connectivity index is 1.84. The fourth-order valence-electron chi connectivity index (χ4n) is 3.24. The molecule has 27 heavy (non-hydrogen) atoms. The zero-order valence-electron chi connectivity index (χ0n) is 15.1. The van der Waals surface area contributed by atoms with E-state index in [1.54, 1.807) is 12.1 Å². The van der Waals surface area contributed by atoms with E-state index in [2.05, 4.69) is 24.8 Å². The number of aliphatic hydroxyl groups excluding tert-OH is 1. The number of hydrogen-bond acceptors (Lipinski definition) is 3. The van der Waals surface area contributed by atoms with Crippen LogP contribution in [0.4, 0.5) is 0 Å². The summed E-state index contributed by atoms with van der Waals surface area (Å²) in [6.07, 6.45) is 5.54. The molecule has 0 spiro atoms. The van der Waals surface area contributed by atoms with Crippen molar-refractivity contribution in [3.8, 4) is 5.75 Å². The van der Waals surface area contributed by atoms with Gasteiger partial charge in [0.05, 0.1) is 24.3 Å². The van der Waals surface area contributed by atoms with Gasteiger partial charge in [-0.05, 0) is 65.0 Å². The number of hydrogen-bond donors (Lipinski definition) is 2. The van der Waals surface area contributed by atoms with Gasteiger partial charge in [-0.3, -0.25) is 0 Å². The largest absolute Gasteiger partial charge is 0.508 e. The van der Waals surface area contributed by atoms with Crippen molar-refractivity contribution in [2.75, 3.05) is 13.2 Å². The number of aromatic hydroxyl groups is 1. The lowest BCUT2D eigenvalue weighted by molar-refractivity contribution is 0.117. The summed E-state index contributed by atoms with van der Waals surface area (Å²) in [4.78, 5) is 0. The van der Waals surface area contributed by atoms with Crippen LogP contribution in [-0.4, -0.2) is 29.5 Å². The lowest BCUT2D eigenvalue weighted by Crippen LogP contribution is -2.13. The van der Waals surface area contributed by atoms with Gasteiger partial charge in [-0.2, -0.15) is 0 Å². The number of rotatable bonds is 7. The Kier molecular flexibility index (Phi) is 6.51. The average Bonchev–Trinajstić information content (AvgIpc) is 3.15. The van der Waals surface area contributed by atoms with Gasteiger partial charge in [-0.25, -0.2) is 0 Å². The number of phenolic OH excluding ortho intramolecular Hbond substituents is 1. The molecule has 1 atom stereocenters. The van der Waals surface area contributed by atoms with Gasteiger partial charge in [0.2, 0.25) is 0 Å². The summed E-state index contributed by atoms with van der Waals surface area (Å²) >= 11 is 6.29. The van der Waals surface area contributed by atoms with E-state index < -0.39 is 0 Å². The second kappa shape index (κ2) is 9.05. The molecule has 0 bridgehead atoms. The van der Waals surface area contributed by atoms with Gasteiger partial charge in [0.1, 0.15) is 5.75 Å². The first-order chi connectivity index (χ1) is 13.1. The van der Waals surface area contributed by atoms with Crippen molar-refractivity contribution < 1.29 is 14.9 Å². The Morgan fingerprint density at radius 2 is 2.00 bits per heavy atom. The quantitative estimate of drug-likeness (QED) is 0.644. The van der Waals surface area contributed by atoms with Crippen molar-refractivity contribution in [2.24, 2.45) is 0 Å². The molecule has 2 aromatic carbocycles. The van der Waals surface area contributed by atoms with Crippen LogP contribution in [0.3, 0.4) is 0 Å². The van der Waals surface area contributed by atoms with Gasteiger partial charge in [0, 0.05) is 0 Å². The van der Waals surface area contributed by atoms with Gasteiger partial charge in [0.25, 0.3) is 0 Å². The first-order valence-corrected chi connectivity index (χ1v) is 9.31. The topological polar surface area (TPSA) is 49.7 Å². The van der Waals surface area contributed by atoms with Crippen LogP contribution < -0.4 is 0 Å². The molecule has 140 valence electrons. The van der Waals surface area contributed by atoms with E-state index in [4.69, 9.17) is 16.3 Å². The Morgan fingerprint density at radius 1 is 1.22 bits per heavy atom. The average molecular weight is 383 g/mol. The number of phenols is 1. The number of allylic oxidation sites excluding steroid dienone is 1. The third-order valence-electron chi connectivity index (χ3n) is 4.68. The van der Waals surface area contributed by atoms with Crippen molar-refractivity contribution in [2.45, 2.75) is 18.9 Å². The third-order valence-corrected chi connectivity index (χ3v) is 5.01. The summed E-state index contributed by atoms with van der Waals surface area (Å²) in [6, 6.07) is 15.1. The molecule has 1 aliphatic heterocycles. The molecule has 1 unspecified atom stereocenters. The fraction of sp³-hybridized carbons (Fsp3) is 0.217. The molecule has 0 aromatic heterocycles.